The number of rotatable bonds is 0. The molecule has 2 rings (SSSR count). The van der Waals surface area contributed by atoms with Gasteiger partial charge in [-0.05, 0) is 24.0 Å². The van der Waals surface area contributed by atoms with Crippen molar-refractivity contribution in [2.75, 3.05) is 25.5 Å². The first-order chi connectivity index (χ1) is 8.58. The van der Waals surface area contributed by atoms with Crippen LogP contribution in [0.1, 0.15) is 12.5 Å². The van der Waals surface area contributed by atoms with Crippen LogP contribution in [-0.2, 0) is 11.2 Å². The summed E-state index contributed by atoms with van der Waals surface area (Å²) in [5.41, 5.74) is 2.24. The molecular formula is C15H18N2O. The molecule has 1 aliphatic heterocycles. The highest BCUT2D eigenvalue weighted by atomic mass is 16.2. The van der Waals surface area contributed by atoms with Crippen molar-refractivity contribution in [2.24, 2.45) is 5.92 Å². The molecular weight excluding hydrogens is 224 g/mol. The average Bonchev–Trinajstić information content (AvgIpc) is 2.34. The molecule has 0 saturated carbocycles. The van der Waals surface area contributed by atoms with Crippen LogP contribution in [0, 0.1) is 17.9 Å². The van der Waals surface area contributed by atoms with Crippen molar-refractivity contribution < 1.29 is 4.79 Å². The van der Waals surface area contributed by atoms with Gasteiger partial charge in [0.15, 0.2) is 0 Å². The Kier molecular flexibility index (Phi) is 3.57. The molecule has 1 aliphatic rings. The molecule has 1 heterocycles. The van der Waals surface area contributed by atoms with E-state index in [1.165, 1.54) is 5.56 Å². The number of anilines is 1. The van der Waals surface area contributed by atoms with Gasteiger partial charge in [0.1, 0.15) is 0 Å². The molecule has 0 N–H and O–H groups in total. The number of hydrogen-bond acceptors (Lipinski definition) is 2. The number of benzene rings is 1. The number of amides is 1. The van der Waals surface area contributed by atoms with E-state index in [1.54, 1.807) is 9.80 Å². The number of carbonyl (C=O) groups excluding carboxylic acids is 1. The molecule has 1 aromatic carbocycles. The van der Waals surface area contributed by atoms with Crippen LogP contribution in [0.3, 0.4) is 0 Å². The summed E-state index contributed by atoms with van der Waals surface area (Å²) in [6, 6.07) is 10.9. The van der Waals surface area contributed by atoms with Crippen LogP contribution in [-0.4, -0.2) is 31.4 Å². The van der Waals surface area contributed by atoms with Crippen molar-refractivity contribution in [3.05, 3.63) is 29.8 Å². The van der Waals surface area contributed by atoms with E-state index >= 15 is 0 Å². The van der Waals surface area contributed by atoms with Crippen molar-refractivity contribution in [1.29, 1.82) is 0 Å². The van der Waals surface area contributed by atoms with E-state index in [1.807, 2.05) is 32.3 Å². The quantitative estimate of drug-likeness (QED) is 0.511. The molecule has 0 radical (unpaired) electrons. The lowest BCUT2D eigenvalue weighted by Crippen LogP contribution is -2.38. The van der Waals surface area contributed by atoms with Gasteiger partial charge in [0, 0.05) is 38.3 Å². The lowest BCUT2D eigenvalue weighted by Gasteiger charge is -2.31. The van der Waals surface area contributed by atoms with Gasteiger partial charge in [-0.25, -0.2) is 0 Å². The van der Waals surface area contributed by atoms with E-state index < -0.39 is 0 Å². The summed E-state index contributed by atoms with van der Waals surface area (Å²) in [5, 5.41) is 0. The van der Waals surface area contributed by atoms with Gasteiger partial charge >= 0.3 is 5.91 Å². The molecule has 1 amide bonds. The smallest absolute Gasteiger partial charge is 0.304 e. The fourth-order valence-electron chi connectivity index (χ4n) is 2.22. The summed E-state index contributed by atoms with van der Waals surface area (Å²) in [6.07, 6.45) is 1.03. The summed E-state index contributed by atoms with van der Waals surface area (Å²) in [6.45, 7) is 2.91. The minimum absolute atomic E-state index is 0.122. The maximum atomic E-state index is 12.1. The molecule has 0 fully saturated rings. The van der Waals surface area contributed by atoms with Gasteiger partial charge < -0.3 is 9.80 Å². The highest BCUT2D eigenvalue weighted by Gasteiger charge is 2.24. The molecule has 0 spiro atoms. The molecule has 1 atom stereocenters. The zero-order valence-electron chi connectivity index (χ0n) is 11.1. The summed E-state index contributed by atoms with van der Waals surface area (Å²) < 4.78 is 0. The second-order valence-electron chi connectivity index (χ2n) is 4.98. The Morgan fingerprint density at radius 2 is 2.11 bits per heavy atom. The van der Waals surface area contributed by atoms with E-state index in [-0.39, 0.29) is 5.91 Å². The van der Waals surface area contributed by atoms with Crippen molar-refractivity contribution >= 4 is 11.6 Å². The first-order valence-corrected chi connectivity index (χ1v) is 6.16. The van der Waals surface area contributed by atoms with Crippen LogP contribution in [0.15, 0.2) is 24.3 Å². The maximum absolute atomic E-state index is 12.1. The Bertz CT molecular complexity index is 511. The summed E-state index contributed by atoms with van der Waals surface area (Å²) in [4.78, 5) is 15.6. The second kappa shape index (κ2) is 5.14. The normalized spacial score (nSPS) is 17.5. The monoisotopic (exact) mass is 242 g/mol. The molecule has 18 heavy (non-hydrogen) atoms. The molecule has 3 nitrogen and oxygen atoms in total. The summed E-state index contributed by atoms with van der Waals surface area (Å²) >= 11 is 0. The topological polar surface area (TPSA) is 23.6 Å². The van der Waals surface area contributed by atoms with E-state index in [2.05, 4.69) is 25.0 Å². The SMILES string of the molecule is CC1Cc2ccccc2N(C(=O)C#CN(C)C)C1. The Labute approximate surface area is 108 Å². The lowest BCUT2D eigenvalue weighted by molar-refractivity contribution is -0.113. The predicted molar refractivity (Wildman–Crippen MR) is 73.1 cm³/mol. The van der Waals surface area contributed by atoms with Crippen LogP contribution >= 0.6 is 0 Å². The van der Waals surface area contributed by atoms with Crippen molar-refractivity contribution in [2.45, 2.75) is 13.3 Å². The minimum atomic E-state index is -0.122. The van der Waals surface area contributed by atoms with Gasteiger partial charge in [0.25, 0.3) is 0 Å². The van der Waals surface area contributed by atoms with E-state index in [0.29, 0.717) is 5.92 Å². The van der Waals surface area contributed by atoms with Gasteiger partial charge in [-0.2, -0.15) is 0 Å². The maximum Gasteiger partial charge on any atom is 0.304 e. The van der Waals surface area contributed by atoms with E-state index in [0.717, 1.165) is 18.7 Å². The highest BCUT2D eigenvalue weighted by Crippen LogP contribution is 2.29. The third kappa shape index (κ3) is 2.65. The van der Waals surface area contributed by atoms with Crippen molar-refractivity contribution in [1.82, 2.24) is 4.90 Å². The number of hydrogen-bond donors (Lipinski definition) is 0. The Morgan fingerprint density at radius 1 is 1.39 bits per heavy atom. The zero-order valence-corrected chi connectivity index (χ0v) is 11.1. The second-order valence-corrected chi connectivity index (χ2v) is 4.98. The molecule has 3 heteroatoms. The molecule has 0 aromatic heterocycles. The van der Waals surface area contributed by atoms with Crippen LogP contribution in [0.5, 0.6) is 0 Å². The lowest BCUT2D eigenvalue weighted by atomic mass is 9.94. The summed E-state index contributed by atoms with van der Waals surface area (Å²) in [7, 11) is 3.65. The van der Waals surface area contributed by atoms with Crippen LogP contribution < -0.4 is 4.90 Å². The first kappa shape index (κ1) is 12.5. The third-order valence-electron chi connectivity index (χ3n) is 2.98. The van der Waals surface area contributed by atoms with Crippen LogP contribution in [0.25, 0.3) is 0 Å². The van der Waals surface area contributed by atoms with Gasteiger partial charge in [0.05, 0.1) is 0 Å². The largest absolute Gasteiger partial charge is 0.338 e. The predicted octanol–water partition coefficient (Wildman–Crippen LogP) is 1.73. The molecule has 1 aromatic rings. The van der Waals surface area contributed by atoms with Gasteiger partial charge in [-0.3, -0.25) is 4.79 Å². The highest BCUT2D eigenvalue weighted by molar-refractivity contribution is 6.06. The molecule has 0 bridgehead atoms. The first-order valence-electron chi connectivity index (χ1n) is 6.16. The van der Waals surface area contributed by atoms with Gasteiger partial charge in [-0.15, -0.1) is 0 Å². The molecule has 0 saturated heterocycles. The Morgan fingerprint density at radius 3 is 2.83 bits per heavy atom. The zero-order chi connectivity index (χ0) is 13.1. The molecule has 0 aliphatic carbocycles. The third-order valence-corrected chi connectivity index (χ3v) is 2.98. The summed E-state index contributed by atoms with van der Waals surface area (Å²) in [5.74, 6) is 3.03. The average molecular weight is 242 g/mol. The van der Waals surface area contributed by atoms with E-state index in [9.17, 15) is 4.79 Å². The van der Waals surface area contributed by atoms with Crippen LogP contribution in [0.2, 0.25) is 0 Å². The Hall–Kier alpha value is -1.95. The van der Waals surface area contributed by atoms with Crippen molar-refractivity contribution in [3.63, 3.8) is 0 Å². The molecule has 94 valence electrons. The van der Waals surface area contributed by atoms with Crippen LogP contribution in [0.4, 0.5) is 5.69 Å². The van der Waals surface area contributed by atoms with Gasteiger partial charge in [0.2, 0.25) is 0 Å². The minimum Gasteiger partial charge on any atom is -0.338 e. The van der Waals surface area contributed by atoms with Crippen molar-refractivity contribution in [3.8, 4) is 12.0 Å². The number of para-hydroxylation sites is 1. The fraction of sp³-hybridized carbons (Fsp3) is 0.400. The number of fused-ring (bicyclic) bond motifs is 1. The number of nitrogens with zero attached hydrogens (tertiary/aromatic N) is 2. The Balaban J connectivity index is 2.30. The molecule has 1 unspecified atom stereocenters. The van der Waals surface area contributed by atoms with Gasteiger partial charge in [-0.1, -0.05) is 25.1 Å². The fourth-order valence-corrected chi connectivity index (χ4v) is 2.22. The number of carbonyl (C=O) groups is 1. The standard InChI is InChI=1S/C15H18N2O/c1-12-10-13-6-4-5-7-14(13)17(11-12)15(18)8-9-16(2)3/h4-7,12H,10-11H2,1-3H3. The van der Waals surface area contributed by atoms with E-state index in [4.69, 9.17) is 0 Å².